The molecule has 142 valence electrons. The molecule has 0 amide bonds. The van der Waals surface area contributed by atoms with E-state index in [4.69, 9.17) is 32.7 Å². The molecule has 1 heterocycles. The van der Waals surface area contributed by atoms with Crippen LogP contribution in [0.25, 0.3) is 10.4 Å². The minimum Gasteiger partial charge on any atom is -0.493 e. The highest BCUT2D eigenvalue weighted by molar-refractivity contribution is 7.15. The summed E-state index contributed by atoms with van der Waals surface area (Å²) in [4.78, 5) is 5.51. The lowest BCUT2D eigenvalue weighted by molar-refractivity contribution is 0.354. The van der Waals surface area contributed by atoms with Crippen molar-refractivity contribution in [3.8, 4) is 21.9 Å². The Labute approximate surface area is 173 Å². The van der Waals surface area contributed by atoms with Gasteiger partial charge in [-0.1, -0.05) is 35.3 Å². The van der Waals surface area contributed by atoms with Gasteiger partial charge in [0.2, 0.25) is 0 Å². The quantitative estimate of drug-likeness (QED) is 0.488. The fourth-order valence-corrected chi connectivity index (χ4v) is 4.16. The standard InChI is InChI=1S/C20H20Cl2N2O2S/c1-25-17-6-3-13(9-18(17)26-2)7-8-23-12-20-24-11-19(27-20)15-5-4-14(21)10-16(15)22/h3-6,9-11,23H,7-8,12H2,1-2H3. The van der Waals surface area contributed by atoms with Gasteiger partial charge in [-0.05, 0) is 42.8 Å². The molecule has 0 saturated heterocycles. The van der Waals surface area contributed by atoms with Gasteiger partial charge >= 0.3 is 0 Å². The summed E-state index contributed by atoms with van der Waals surface area (Å²) in [6, 6.07) is 11.5. The molecule has 0 aliphatic carbocycles. The first-order valence-electron chi connectivity index (χ1n) is 8.42. The van der Waals surface area contributed by atoms with Crippen LogP contribution in [0, 0.1) is 0 Å². The van der Waals surface area contributed by atoms with Crippen molar-refractivity contribution in [2.75, 3.05) is 20.8 Å². The number of nitrogens with zero attached hydrogens (tertiary/aromatic N) is 1. The molecule has 0 aliphatic heterocycles. The summed E-state index contributed by atoms with van der Waals surface area (Å²) in [5, 5.41) is 5.71. The first-order valence-corrected chi connectivity index (χ1v) is 9.99. The third-order valence-electron chi connectivity index (χ3n) is 4.06. The van der Waals surface area contributed by atoms with Crippen molar-refractivity contribution in [3.05, 3.63) is 63.2 Å². The van der Waals surface area contributed by atoms with Gasteiger partial charge in [-0.15, -0.1) is 11.3 Å². The third kappa shape index (κ3) is 5.14. The van der Waals surface area contributed by atoms with Crippen LogP contribution >= 0.6 is 34.5 Å². The van der Waals surface area contributed by atoms with Crippen molar-refractivity contribution >= 4 is 34.5 Å². The van der Waals surface area contributed by atoms with Gasteiger partial charge in [0, 0.05) is 23.3 Å². The first kappa shape index (κ1) is 20.0. The maximum atomic E-state index is 6.27. The molecule has 0 radical (unpaired) electrons. The second kappa shape index (κ2) is 9.42. The zero-order valence-corrected chi connectivity index (χ0v) is 17.4. The Morgan fingerprint density at radius 1 is 1.04 bits per heavy atom. The highest BCUT2D eigenvalue weighted by Gasteiger charge is 2.09. The minimum atomic E-state index is 0.630. The molecule has 0 bridgehead atoms. The van der Waals surface area contributed by atoms with Crippen LogP contribution in [0.4, 0.5) is 0 Å². The zero-order valence-electron chi connectivity index (χ0n) is 15.1. The van der Waals surface area contributed by atoms with Crippen LogP contribution in [0.2, 0.25) is 10.0 Å². The van der Waals surface area contributed by atoms with Gasteiger partial charge in [0.25, 0.3) is 0 Å². The zero-order chi connectivity index (χ0) is 19.2. The van der Waals surface area contributed by atoms with Crippen molar-refractivity contribution in [2.24, 2.45) is 0 Å². The number of hydrogen-bond donors (Lipinski definition) is 1. The average molecular weight is 423 g/mol. The molecule has 3 aromatic rings. The number of halogens is 2. The largest absolute Gasteiger partial charge is 0.493 e. The smallest absolute Gasteiger partial charge is 0.160 e. The Morgan fingerprint density at radius 2 is 1.85 bits per heavy atom. The number of hydrogen-bond acceptors (Lipinski definition) is 5. The molecule has 1 aromatic heterocycles. The molecule has 0 atom stereocenters. The number of ether oxygens (including phenoxy) is 2. The lowest BCUT2D eigenvalue weighted by atomic mass is 10.1. The van der Waals surface area contributed by atoms with E-state index in [2.05, 4.69) is 10.3 Å². The first-order chi connectivity index (χ1) is 13.1. The van der Waals surface area contributed by atoms with Gasteiger partial charge in [0.15, 0.2) is 11.5 Å². The van der Waals surface area contributed by atoms with E-state index in [9.17, 15) is 0 Å². The molecule has 27 heavy (non-hydrogen) atoms. The van der Waals surface area contributed by atoms with E-state index in [1.165, 1.54) is 5.56 Å². The van der Waals surface area contributed by atoms with E-state index in [0.29, 0.717) is 16.6 Å². The number of nitrogens with one attached hydrogen (secondary N) is 1. The Bertz CT molecular complexity index is 915. The van der Waals surface area contributed by atoms with Crippen LogP contribution in [-0.2, 0) is 13.0 Å². The van der Waals surface area contributed by atoms with E-state index >= 15 is 0 Å². The highest BCUT2D eigenvalue weighted by Crippen LogP contribution is 2.33. The summed E-state index contributed by atoms with van der Waals surface area (Å²) < 4.78 is 10.6. The predicted octanol–water partition coefficient (Wildman–Crippen LogP) is 5.47. The van der Waals surface area contributed by atoms with Gasteiger partial charge in [-0.2, -0.15) is 0 Å². The monoisotopic (exact) mass is 422 g/mol. The Kier molecular flexibility index (Phi) is 6.96. The van der Waals surface area contributed by atoms with Crippen molar-refractivity contribution in [2.45, 2.75) is 13.0 Å². The average Bonchev–Trinajstić information content (AvgIpc) is 3.13. The molecule has 2 aromatic carbocycles. The number of thiazole rings is 1. The summed E-state index contributed by atoms with van der Waals surface area (Å²) in [6.45, 7) is 1.55. The van der Waals surface area contributed by atoms with Crippen molar-refractivity contribution in [1.82, 2.24) is 10.3 Å². The summed E-state index contributed by atoms with van der Waals surface area (Å²) in [6.07, 6.45) is 2.74. The molecule has 4 nitrogen and oxygen atoms in total. The van der Waals surface area contributed by atoms with Crippen molar-refractivity contribution in [1.29, 1.82) is 0 Å². The number of aromatic nitrogens is 1. The van der Waals surface area contributed by atoms with Crippen LogP contribution in [0.3, 0.4) is 0 Å². The molecule has 1 N–H and O–H groups in total. The lowest BCUT2D eigenvalue weighted by Crippen LogP contribution is -2.16. The summed E-state index contributed by atoms with van der Waals surface area (Å²) >= 11 is 13.9. The Hall–Kier alpha value is -1.79. The van der Waals surface area contributed by atoms with Gasteiger partial charge in [-0.3, -0.25) is 0 Å². The van der Waals surface area contributed by atoms with Crippen molar-refractivity contribution < 1.29 is 9.47 Å². The number of benzene rings is 2. The minimum absolute atomic E-state index is 0.630. The van der Waals surface area contributed by atoms with Gasteiger partial charge in [-0.25, -0.2) is 4.98 Å². The summed E-state index contributed by atoms with van der Waals surface area (Å²) in [5.74, 6) is 1.49. The molecule has 3 rings (SSSR count). The van der Waals surface area contributed by atoms with Gasteiger partial charge in [0.05, 0.1) is 24.1 Å². The van der Waals surface area contributed by atoms with Crippen LogP contribution in [0.15, 0.2) is 42.6 Å². The van der Waals surface area contributed by atoms with Crippen LogP contribution < -0.4 is 14.8 Å². The number of methoxy groups -OCH3 is 2. The molecule has 0 unspecified atom stereocenters. The van der Waals surface area contributed by atoms with Crippen LogP contribution in [-0.4, -0.2) is 25.7 Å². The predicted molar refractivity (Wildman–Crippen MR) is 113 cm³/mol. The van der Waals surface area contributed by atoms with Gasteiger partial charge < -0.3 is 14.8 Å². The molecular formula is C20H20Cl2N2O2S. The second-order valence-corrected chi connectivity index (χ2v) is 7.82. The maximum absolute atomic E-state index is 6.27. The summed E-state index contributed by atoms with van der Waals surface area (Å²) in [5.41, 5.74) is 2.14. The second-order valence-electron chi connectivity index (χ2n) is 5.86. The Balaban J connectivity index is 1.53. The molecule has 0 spiro atoms. The molecule has 0 saturated carbocycles. The fourth-order valence-electron chi connectivity index (χ4n) is 2.67. The lowest BCUT2D eigenvalue weighted by Gasteiger charge is -2.09. The maximum Gasteiger partial charge on any atom is 0.160 e. The topological polar surface area (TPSA) is 43.4 Å². The molecular weight excluding hydrogens is 403 g/mol. The molecule has 0 fully saturated rings. The summed E-state index contributed by atoms with van der Waals surface area (Å²) in [7, 11) is 3.28. The Morgan fingerprint density at radius 3 is 2.59 bits per heavy atom. The van der Waals surface area contributed by atoms with E-state index in [1.807, 2.05) is 36.5 Å². The van der Waals surface area contributed by atoms with Gasteiger partial charge in [0.1, 0.15) is 5.01 Å². The normalized spacial score (nSPS) is 10.8. The third-order valence-corrected chi connectivity index (χ3v) is 5.64. The van der Waals surface area contributed by atoms with Crippen LogP contribution in [0.1, 0.15) is 10.6 Å². The highest BCUT2D eigenvalue weighted by atomic mass is 35.5. The van der Waals surface area contributed by atoms with Crippen LogP contribution in [0.5, 0.6) is 11.5 Å². The van der Waals surface area contributed by atoms with E-state index in [-0.39, 0.29) is 0 Å². The van der Waals surface area contributed by atoms with E-state index < -0.39 is 0 Å². The van der Waals surface area contributed by atoms with E-state index in [1.54, 1.807) is 31.6 Å². The fraction of sp³-hybridized carbons (Fsp3) is 0.250. The number of rotatable bonds is 8. The van der Waals surface area contributed by atoms with Crippen molar-refractivity contribution in [3.63, 3.8) is 0 Å². The molecule has 0 aliphatic rings. The van der Waals surface area contributed by atoms with E-state index in [0.717, 1.165) is 39.9 Å². The SMILES string of the molecule is COc1ccc(CCNCc2ncc(-c3ccc(Cl)cc3Cl)s2)cc1OC. The molecule has 7 heteroatoms.